The summed E-state index contributed by atoms with van der Waals surface area (Å²) in [6.07, 6.45) is 53.6. The number of carbonyl (C=O) groups is 3. The van der Waals surface area contributed by atoms with Crippen LogP contribution in [0, 0.1) is 5.92 Å². The molecule has 0 heterocycles. The molecule has 0 N–H and O–H groups in total. The van der Waals surface area contributed by atoms with Crippen molar-refractivity contribution in [1.29, 1.82) is 0 Å². The van der Waals surface area contributed by atoms with E-state index in [0.29, 0.717) is 19.3 Å². The van der Waals surface area contributed by atoms with Crippen LogP contribution in [0.3, 0.4) is 0 Å². The lowest BCUT2D eigenvalue weighted by molar-refractivity contribution is -0.167. The summed E-state index contributed by atoms with van der Waals surface area (Å²) in [5.74, 6) is 0.0563. The highest BCUT2D eigenvalue weighted by atomic mass is 16.6. The third-order valence-electron chi connectivity index (χ3n) is 13.2. The lowest BCUT2D eigenvalue weighted by Crippen LogP contribution is -2.30. The highest BCUT2D eigenvalue weighted by molar-refractivity contribution is 5.71. The van der Waals surface area contributed by atoms with Gasteiger partial charge in [-0.3, -0.25) is 14.4 Å². The average molecular weight is 877 g/mol. The zero-order chi connectivity index (χ0) is 45.2. The van der Waals surface area contributed by atoms with E-state index in [9.17, 15) is 14.4 Å². The molecular formula is C56H108O6. The van der Waals surface area contributed by atoms with Crippen LogP contribution >= 0.6 is 0 Å². The second-order valence-electron chi connectivity index (χ2n) is 19.5. The Balaban J connectivity index is 4.29. The monoisotopic (exact) mass is 877 g/mol. The van der Waals surface area contributed by atoms with Crippen LogP contribution in [-0.4, -0.2) is 37.2 Å². The zero-order valence-corrected chi connectivity index (χ0v) is 42.3. The van der Waals surface area contributed by atoms with E-state index in [1.54, 1.807) is 0 Å². The summed E-state index contributed by atoms with van der Waals surface area (Å²) in [6.45, 7) is 9.08. The molecule has 0 aromatic carbocycles. The molecule has 0 aromatic rings. The molecule has 0 aliphatic heterocycles. The maximum atomic E-state index is 12.8. The molecule has 0 spiro atoms. The number of hydrogen-bond donors (Lipinski definition) is 0. The minimum Gasteiger partial charge on any atom is -0.462 e. The zero-order valence-electron chi connectivity index (χ0n) is 42.3. The Morgan fingerprint density at radius 3 is 0.839 bits per heavy atom. The predicted molar refractivity (Wildman–Crippen MR) is 266 cm³/mol. The van der Waals surface area contributed by atoms with Crippen molar-refractivity contribution in [3.63, 3.8) is 0 Å². The Labute approximate surface area is 387 Å². The van der Waals surface area contributed by atoms with Crippen LogP contribution in [0.4, 0.5) is 0 Å². The van der Waals surface area contributed by atoms with E-state index >= 15 is 0 Å². The third-order valence-corrected chi connectivity index (χ3v) is 13.2. The number of hydrogen-bond acceptors (Lipinski definition) is 6. The summed E-state index contributed by atoms with van der Waals surface area (Å²) in [5, 5.41) is 0. The van der Waals surface area contributed by atoms with Crippen molar-refractivity contribution in [1.82, 2.24) is 0 Å². The van der Waals surface area contributed by atoms with E-state index in [1.807, 2.05) is 0 Å². The van der Waals surface area contributed by atoms with Crippen molar-refractivity contribution in [3.8, 4) is 0 Å². The molecule has 0 aliphatic carbocycles. The number of unbranched alkanes of at least 4 members (excludes halogenated alkanes) is 37. The van der Waals surface area contributed by atoms with Gasteiger partial charge in [0.1, 0.15) is 13.2 Å². The van der Waals surface area contributed by atoms with Gasteiger partial charge in [0.05, 0.1) is 0 Å². The molecule has 0 fully saturated rings. The number of rotatable bonds is 51. The van der Waals surface area contributed by atoms with E-state index in [2.05, 4.69) is 27.7 Å². The van der Waals surface area contributed by atoms with Crippen LogP contribution in [0.2, 0.25) is 0 Å². The molecule has 2 atom stereocenters. The van der Waals surface area contributed by atoms with Crippen molar-refractivity contribution in [2.24, 2.45) is 5.92 Å². The molecule has 1 unspecified atom stereocenters. The molecule has 0 radical (unpaired) electrons. The maximum Gasteiger partial charge on any atom is 0.306 e. The van der Waals surface area contributed by atoms with Gasteiger partial charge < -0.3 is 14.2 Å². The molecule has 0 saturated carbocycles. The van der Waals surface area contributed by atoms with E-state index < -0.39 is 6.10 Å². The second kappa shape index (κ2) is 50.4. The van der Waals surface area contributed by atoms with Gasteiger partial charge in [-0.1, -0.05) is 278 Å². The molecule has 6 heteroatoms. The highest BCUT2D eigenvalue weighted by Crippen LogP contribution is 2.18. The quantitative estimate of drug-likeness (QED) is 0.0344. The van der Waals surface area contributed by atoms with Gasteiger partial charge in [-0.15, -0.1) is 0 Å². The molecule has 0 amide bonds. The summed E-state index contributed by atoms with van der Waals surface area (Å²) in [7, 11) is 0. The SMILES string of the molecule is CCCCCCCCCCCCCCCCC(=O)OC[C@H](COC(=O)CCCCCCCCCCCCCC)OC(=O)CCCCCCCCCCCCCCCCC(C)CC. The van der Waals surface area contributed by atoms with E-state index in [1.165, 1.54) is 212 Å². The van der Waals surface area contributed by atoms with Gasteiger partial charge in [-0.25, -0.2) is 0 Å². The minimum absolute atomic E-state index is 0.0621. The molecule has 0 rings (SSSR count). The number of esters is 3. The summed E-state index contributed by atoms with van der Waals surface area (Å²) in [4.78, 5) is 38.0. The summed E-state index contributed by atoms with van der Waals surface area (Å²) in [6, 6.07) is 0. The predicted octanol–water partition coefficient (Wildman–Crippen LogP) is 18.2. The first-order valence-corrected chi connectivity index (χ1v) is 27.9. The van der Waals surface area contributed by atoms with Crippen LogP contribution in [0.15, 0.2) is 0 Å². The fourth-order valence-electron chi connectivity index (χ4n) is 8.54. The molecule has 0 aliphatic rings. The smallest absolute Gasteiger partial charge is 0.306 e. The first-order chi connectivity index (χ1) is 30.4. The van der Waals surface area contributed by atoms with Gasteiger partial charge in [-0.2, -0.15) is 0 Å². The summed E-state index contributed by atoms with van der Waals surface area (Å²) >= 11 is 0. The standard InChI is InChI=1S/C56H108O6/c1-5-8-10-12-14-16-18-20-24-28-32-36-40-44-48-55(58)61-51-53(50-60-54(57)47-43-39-35-31-27-19-17-15-13-11-9-6-2)62-56(59)49-45-41-37-33-29-25-22-21-23-26-30-34-38-42-46-52(4)7-3/h52-53H,5-51H2,1-4H3/t52?,53-/m0/s1. The van der Waals surface area contributed by atoms with Gasteiger partial charge >= 0.3 is 17.9 Å². The van der Waals surface area contributed by atoms with E-state index in [-0.39, 0.29) is 31.1 Å². The van der Waals surface area contributed by atoms with Gasteiger partial charge in [0.15, 0.2) is 6.10 Å². The van der Waals surface area contributed by atoms with Crippen LogP contribution < -0.4 is 0 Å². The molecule has 368 valence electrons. The molecule has 62 heavy (non-hydrogen) atoms. The fraction of sp³-hybridized carbons (Fsp3) is 0.946. The van der Waals surface area contributed by atoms with E-state index in [0.717, 1.165) is 63.7 Å². The molecule has 0 bridgehead atoms. The van der Waals surface area contributed by atoms with Gasteiger partial charge in [-0.05, 0) is 25.2 Å². The third kappa shape index (κ3) is 47.9. The molecular weight excluding hydrogens is 769 g/mol. The Morgan fingerprint density at radius 1 is 0.323 bits per heavy atom. The summed E-state index contributed by atoms with van der Waals surface area (Å²) in [5.41, 5.74) is 0. The lowest BCUT2D eigenvalue weighted by atomic mass is 9.99. The van der Waals surface area contributed by atoms with Crippen molar-refractivity contribution >= 4 is 17.9 Å². The lowest BCUT2D eigenvalue weighted by Gasteiger charge is -2.18. The largest absolute Gasteiger partial charge is 0.462 e. The Morgan fingerprint density at radius 2 is 0.565 bits per heavy atom. The number of carbonyl (C=O) groups excluding carboxylic acids is 3. The summed E-state index contributed by atoms with van der Waals surface area (Å²) < 4.78 is 16.9. The van der Waals surface area contributed by atoms with Crippen LogP contribution in [0.25, 0.3) is 0 Å². The van der Waals surface area contributed by atoms with Crippen LogP contribution in [0.5, 0.6) is 0 Å². The van der Waals surface area contributed by atoms with Crippen LogP contribution in [0.1, 0.15) is 317 Å². The number of ether oxygens (including phenoxy) is 3. The van der Waals surface area contributed by atoms with Gasteiger partial charge in [0.25, 0.3) is 0 Å². The normalized spacial score (nSPS) is 12.4. The molecule has 6 nitrogen and oxygen atoms in total. The van der Waals surface area contributed by atoms with Crippen molar-refractivity contribution in [2.45, 2.75) is 323 Å². The maximum absolute atomic E-state index is 12.8. The minimum atomic E-state index is -0.761. The molecule has 0 aromatic heterocycles. The van der Waals surface area contributed by atoms with Gasteiger partial charge in [0.2, 0.25) is 0 Å². The first kappa shape index (κ1) is 60.4. The Hall–Kier alpha value is -1.59. The van der Waals surface area contributed by atoms with Crippen molar-refractivity contribution < 1.29 is 28.6 Å². The first-order valence-electron chi connectivity index (χ1n) is 27.9. The van der Waals surface area contributed by atoms with Gasteiger partial charge in [0, 0.05) is 19.3 Å². The van der Waals surface area contributed by atoms with Crippen molar-refractivity contribution in [3.05, 3.63) is 0 Å². The van der Waals surface area contributed by atoms with E-state index in [4.69, 9.17) is 14.2 Å². The Bertz CT molecular complexity index is 935. The van der Waals surface area contributed by atoms with Crippen LogP contribution in [-0.2, 0) is 28.6 Å². The topological polar surface area (TPSA) is 78.9 Å². The fourth-order valence-corrected chi connectivity index (χ4v) is 8.54. The molecule has 0 saturated heterocycles. The van der Waals surface area contributed by atoms with Crippen molar-refractivity contribution in [2.75, 3.05) is 13.2 Å². The average Bonchev–Trinajstić information content (AvgIpc) is 3.27. The highest BCUT2D eigenvalue weighted by Gasteiger charge is 2.19. The second-order valence-corrected chi connectivity index (χ2v) is 19.5. The Kier molecular flexibility index (Phi) is 49.1.